The van der Waals surface area contributed by atoms with Crippen LogP contribution in [0.3, 0.4) is 0 Å². The van der Waals surface area contributed by atoms with Gasteiger partial charge in [0.1, 0.15) is 0 Å². The Morgan fingerprint density at radius 1 is 1.50 bits per heavy atom. The van der Waals surface area contributed by atoms with Crippen molar-refractivity contribution in [2.45, 2.75) is 13.0 Å². The number of rotatable bonds is 4. The van der Waals surface area contributed by atoms with Crippen LogP contribution >= 0.6 is 0 Å². The topological polar surface area (TPSA) is 75.5 Å². The van der Waals surface area contributed by atoms with Crippen LogP contribution in [0.5, 0.6) is 0 Å². The molecule has 3 heterocycles. The standard InChI is InChI=1S/C12H15N3O3/c16-8-9-3-4-15(6-9)7-11-13-12(18-14-11)10-2-1-5-17-10/h1-2,5,9,16H,3-4,6-8H2. The summed E-state index contributed by atoms with van der Waals surface area (Å²) in [6, 6.07) is 3.57. The first-order valence-corrected chi connectivity index (χ1v) is 6.05. The van der Waals surface area contributed by atoms with E-state index in [9.17, 15) is 0 Å². The van der Waals surface area contributed by atoms with Gasteiger partial charge in [-0.15, -0.1) is 0 Å². The average molecular weight is 249 g/mol. The second-order valence-electron chi connectivity index (χ2n) is 4.57. The fraction of sp³-hybridized carbons (Fsp3) is 0.500. The van der Waals surface area contributed by atoms with E-state index in [2.05, 4.69) is 15.0 Å². The summed E-state index contributed by atoms with van der Waals surface area (Å²) in [5.74, 6) is 2.03. The van der Waals surface area contributed by atoms with Gasteiger partial charge in [-0.25, -0.2) is 0 Å². The molecule has 0 saturated carbocycles. The SMILES string of the molecule is OCC1CCN(Cc2noc(-c3ccco3)n2)C1. The summed E-state index contributed by atoms with van der Waals surface area (Å²) in [4.78, 5) is 6.51. The zero-order valence-corrected chi connectivity index (χ0v) is 9.95. The Morgan fingerprint density at radius 3 is 3.17 bits per heavy atom. The number of hydrogen-bond acceptors (Lipinski definition) is 6. The lowest BCUT2D eigenvalue weighted by molar-refractivity contribution is 0.218. The maximum absolute atomic E-state index is 9.09. The van der Waals surface area contributed by atoms with E-state index >= 15 is 0 Å². The van der Waals surface area contributed by atoms with E-state index in [0.717, 1.165) is 19.5 Å². The van der Waals surface area contributed by atoms with Crippen molar-refractivity contribution in [3.63, 3.8) is 0 Å². The van der Waals surface area contributed by atoms with E-state index in [-0.39, 0.29) is 6.61 Å². The second-order valence-corrected chi connectivity index (χ2v) is 4.57. The third-order valence-electron chi connectivity index (χ3n) is 3.19. The molecule has 0 aromatic carbocycles. The average Bonchev–Trinajstić information content (AvgIpc) is 3.10. The first-order valence-electron chi connectivity index (χ1n) is 6.05. The maximum atomic E-state index is 9.09. The summed E-state index contributed by atoms with van der Waals surface area (Å²) in [6.07, 6.45) is 2.60. The second kappa shape index (κ2) is 4.91. The summed E-state index contributed by atoms with van der Waals surface area (Å²) < 4.78 is 10.3. The lowest BCUT2D eigenvalue weighted by Gasteiger charge is -2.12. The third-order valence-corrected chi connectivity index (χ3v) is 3.19. The Morgan fingerprint density at radius 2 is 2.44 bits per heavy atom. The Kier molecular flexibility index (Phi) is 3.12. The molecular weight excluding hydrogens is 234 g/mol. The molecule has 1 aliphatic heterocycles. The van der Waals surface area contributed by atoms with Crippen molar-refractivity contribution < 1.29 is 14.0 Å². The fourth-order valence-electron chi connectivity index (χ4n) is 2.22. The van der Waals surface area contributed by atoms with Crippen LogP contribution in [-0.4, -0.2) is 39.8 Å². The Hall–Kier alpha value is -1.66. The van der Waals surface area contributed by atoms with Crippen LogP contribution in [0.1, 0.15) is 12.2 Å². The van der Waals surface area contributed by atoms with Crippen LogP contribution in [0.15, 0.2) is 27.3 Å². The molecule has 6 nitrogen and oxygen atoms in total. The highest BCUT2D eigenvalue weighted by molar-refractivity contribution is 5.42. The summed E-state index contributed by atoms with van der Waals surface area (Å²) in [5, 5.41) is 13.0. The largest absolute Gasteiger partial charge is 0.459 e. The minimum atomic E-state index is 0.250. The molecule has 96 valence electrons. The van der Waals surface area contributed by atoms with E-state index in [1.807, 2.05) is 0 Å². The maximum Gasteiger partial charge on any atom is 0.293 e. The predicted octanol–water partition coefficient (Wildman–Crippen LogP) is 1.14. The molecule has 1 saturated heterocycles. The Balaban J connectivity index is 1.64. The van der Waals surface area contributed by atoms with Crippen LogP contribution < -0.4 is 0 Å². The molecule has 1 N–H and O–H groups in total. The minimum absolute atomic E-state index is 0.250. The normalized spacial score (nSPS) is 20.6. The molecule has 1 atom stereocenters. The molecular formula is C12H15N3O3. The van der Waals surface area contributed by atoms with Crippen LogP contribution in [0, 0.1) is 5.92 Å². The van der Waals surface area contributed by atoms with Crippen molar-refractivity contribution >= 4 is 0 Å². The molecule has 1 fully saturated rings. The van der Waals surface area contributed by atoms with Crippen LogP contribution in [0.25, 0.3) is 11.7 Å². The quantitative estimate of drug-likeness (QED) is 0.875. The van der Waals surface area contributed by atoms with Gasteiger partial charge < -0.3 is 14.0 Å². The van der Waals surface area contributed by atoms with Crippen molar-refractivity contribution in [3.05, 3.63) is 24.2 Å². The van der Waals surface area contributed by atoms with Gasteiger partial charge in [0.2, 0.25) is 0 Å². The van der Waals surface area contributed by atoms with Crippen molar-refractivity contribution in [2.75, 3.05) is 19.7 Å². The molecule has 0 aliphatic carbocycles. The lowest BCUT2D eigenvalue weighted by Crippen LogP contribution is -2.21. The van der Waals surface area contributed by atoms with Gasteiger partial charge in [0, 0.05) is 13.2 Å². The van der Waals surface area contributed by atoms with Gasteiger partial charge in [0.05, 0.1) is 12.8 Å². The first kappa shape index (κ1) is 11.4. The molecule has 0 spiro atoms. The van der Waals surface area contributed by atoms with Crippen LogP contribution in [0.2, 0.25) is 0 Å². The molecule has 2 aromatic heterocycles. The van der Waals surface area contributed by atoms with Crippen molar-refractivity contribution in [2.24, 2.45) is 5.92 Å². The van der Waals surface area contributed by atoms with Crippen LogP contribution in [-0.2, 0) is 6.54 Å². The number of furan rings is 1. The Bertz CT molecular complexity index is 494. The molecule has 1 unspecified atom stereocenters. The zero-order valence-electron chi connectivity index (χ0n) is 9.95. The fourth-order valence-corrected chi connectivity index (χ4v) is 2.22. The number of nitrogens with zero attached hydrogens (tertiary/aromatic N) is 3. The van der Waals surface area contributed by atoms with Gasteiger partial charge in [-0.2, -0.15) is 4.98 Å². The van der Waals surface area contributed by atoms with Gasteiger partial charge in [-0.05, 0) is 31.0 Å². The van der Waals surface area contributed by atoms with Gasteiger partial charge in [0.15, 0.2) is 11.6 Å². The lowest BCUT2D eigenvalue weighted by atomic mass is 10.1. The summed E-state index contributed by atoms with van der Waals surface area (Å²) in [5.41, 5.74) is 0. The molecule has 6 heteroatoms. The zero-order chi connectivity index (χ0) is 12.4. The molecule has 0 bridgehead atoms. The highest BCUT2D eigenvalue weighted by atomic mass is 16.5. The number of aliphatic hydroxyl groups is 1. The monoisotopic (exact) mass is 249 g/mol. The molecule has 0 amide bonds. The van der Waals surface area contributed by atoms with Gasteiger partial charge in [0.25, 0.3) is 5.89 Å². The van der Waals surface area contributed by atoms with E-state index in [4.69, 9.17) is 14.0 Å². The Labute approximate surface area is 104 Å². The highest BCUT2D eigenvalue weighted by Gasteiger charge is 2.23. The van der Waals surface area contributed by atoms with Crippen molar-refractivity contribution in [1.29, 1.82) is 0 Å². The molecule has 0 radical (unpaired) electrons. The number of aliphatic hydroxyl groups excluding tert-OH is 1. The molecule has 3 rings (SSSR count). The number of hydrogen-bond donors (Lipinski definition) is 1. The number of aromatic nitrogens is 2. The van der Waals surface area contributed by atoms with E-state index in [1.54, 1.807) is 18.4 Å². The molecule has 18 heavy (non-hydrogen) atoms. The van der Waals surface area contributed by atoms with Crippen molar-refractivity contribution in [3.8, 4) is 11.7 Å². The summed E-state index contributed by atoms with van der Waals surface area (Å²) >= 11 is 0. The summed E-state index contributed by atoms with van der Waals surface area (Å²) in [6.45, 7) is 2.76. The van der Waals surface area contributed by atoms with E-state index in [1.165, 1.54) is 0 Å². The molecule has 2 aromatic rings. The number of likely N-dealkylation sites (tertiary alicyclic amines) is 1. The van der Waals surface area contributed by atoms with Gasteiger partial charge in [-0.3, -0.25) is 4.90 Å². The first-order chi connectivity index (χ1) is 8.85. The van der Waals surface area contributed by atoms with E-state index in [0.29, 0.717) is 29.9 Å². The van der Waals surface area contributed by atoms with Gasteiger partial charge in [-0.1, -0.05) is 5.16 Å². The van der Waals surface area contributed by atoms with Gasteiger partial charge >= 0.3 is 0 Å². The minimum Gasteiger partial charge on any atom is -0.459 e. The highest BCUT2D eigenvalue weighted by Crippen LogP contribution is 2.20. The van der Waals surface area contributed by atoms with Crippen LogP contribution in [0.4, 0.5) is 0 Å². The molecule has 1 aliphatic rings. The summed E-state index contributed by atoms with van der Waals surface area (Å²) in [7, 11) is 0. The smallest absolute Gasteiger partial charge is 0.293 e. The third kappa shape index (κ3) is 2.30. The van der Waals surface area contributed by atoms with E-state index < -0.39 is 0 Å². The predicted molar refractivity (Wildman–Crippen MR) is 62.5 cm³/mol. The van der Waals surface area contributed by atoms with Crippen molar-refractivity contribution in [1.82, 2.24) is 15.0 Å².